The summed E-state index contributed by atoms with van der Waals surface area (Å²) in [5, 5.41) is 0.743. The quantitative estimate of drug-likeness (QED) is 0.910. The number of hydrogen-bond acceptors (Lipinski definition) is 3. The lowest BCUT2D eigenvalue weighted by molar-refractivity contribution is 0.282. The smallest absolute Gasteiger partial charge is 0.166 e. The first-order chi connectivity index (χ1) is 8.69. The lowest BCUT2D eigenvalue weighted by Crippen LogP contribution is -2.20. The molecule has 2 rings (SSSR count). The van der Waals surface area contributed by atoms with Crippen molar-refractivity contribution in [2.75, 3.05) is 13.2 Å². The number of halogens is 1. The highest BCUT2D eigenvalue weighted by molar-refractivity contribution is 6.31. The van der Waals surface area contributed by atoms with Crippen molar-refractivity contribution in [2.45, 2.75) is 39.2 Å². The molecule has 4 heteroatoms. The average Bonchev–Trinajstić information content (AvgIpc) is 2.35. The highest BCUT2D eigenvalue weighted by atomic mass is 35.5. The van der Waals surface area contributed by atoms with Crippen molar-refractivity contribution in [1.82, 2.24) is 0 Å². The van der Waals surface area contributed by atoms with Crippen LogP contribution in [0.25, 0.3) is 0 Å². The van der Waals surface area contributed by atoms with Crippen LogP contribution < -0.4 is 15.2 Å². The summed E-state index contributed by atoms with van der Waals surface area (Å²) in [6.45, 7) is 5.10. The second kappa shape index (κ2) is 5.81. The number of rotatable bonds is 4. The van der Waals surface area contributed by atoms with Gasteiger partial charge < -0.3 is 15.2 Å². The van der Waals surface area contributed by atoms with E-state index in [4.69, 9.17) is 26.8 Å². The SMILES string of the molecule is CCOc1cc(Cl)c2c(c1OCC)[C@H](N)CCC2. The summed E-state index contributed by atoms with van der Waals surface area (Å²) in [5.74, 6) is 1.49. The van der Waals surface area contributed by atoms with Crippen molar-refractivity contribution >= 4 is 11.6 Å². The Balaban J connectivity index is 2.56. The van der Waals surface area contributed by atoms with Gasteiger partial charge in [0, 0.05) is 22.7 Å². The second-order valence-electron chi connectivity index (χ2n) is 4.44. The van der Waals surface area contributed by atoms with Crippen LogP contribution in [0.4, 0.5) is 0 Å². The normalized spacial score (nSPS) is 18.3. The van der Waals surface area contributed by atoms with Crippen molar-refractivity contribution in [1.29, 1.82) is 0 Å². The van der Waals surface area contributed by atoms with E-state index in [0.717, 1.165) is 41.2 Å². The zero-order chi connectivity index (χ0) is 13.1. The fourth-order valence-corrected chi connectivity index (χ4v) is 2.81. The van der Waals surface area contributed by atoms with E-state index < -0.39 is 0 Å². The Morgan fingerprint density at radius 2 is 2.06 bits per heavy atom. The van der Waals surface area contributed by atoms with Crippen LogP contribution in [0.3, 0.4) is 0 Å². The van der Waals surface area contributed by atoms with E-state index in [-0.39, 0.29) is 6.04 Å². The third-order valence-corrected chi connectivity index (χ3v) is 3.58. The largest absolute Gasteiger partial charge is 0.490 e. The van der Waals surface area contributed by atoms with E-state index in [1.165, 1.54) is 0 Å². The first-order valence-electron chi connectivity index (χ1n) is 6.55. The molecule has 1 aliphatic rings. The Hall–Kier alpha value is -0.930. The summed E-state index contributed by atoms with van der Waals surface area (Å²) < 4.78 is 11.4. The molecule has 0 unspecified atom stereocenters. The predicted octanol–water partition coefficient (Wildman–Crippen LogP) is 3.47. The maximum absolute atomic E-state index is 6.33. The Kier molecular flexibility index (Phi) is 4.36. The number of benzene rings is 1. The molecule has 0 fully saturated rings. The maximum atomic E-state index is 6.33. The fraction of sp³-hybridized carbons (Fsp3) is 0.571. The first kappa shape index (κ1) is 13.5. The van der Waals surface area contributed by atoms with Crippen molar-refractivity contribution < 1.29 is 9.47 Å². The van der Waals surface area contributed by atoms with Gasteiger partial charge in [-0.05, 0) is 38.7 Å². The van der Waals surface area contributed by atoms with E-state index in [1.54, 1.807) is 0 Å². The minimum absolute atomic E-state index is 0.00629. The van der Waals surface area contributed by atoms with Gasteiger partial charge in [-0.15, -0.1) is 0 Å². The van der Waals surface area contributed by atoms with E-state index >= 15 is 0 Å². The summed E-state index contributed by atoms with van der Waals surface area (Å²) in [4.78, 5) is 0. The highest BCUT2D eigenvalue weighted by Crippen LogP contribution is 2.45. The van der Waals surface area contributed by atoms with Gasteiger partial charge >= 0.3 is 0 Å². The van der Waals surface area contributed by atoms with Crippen molar-refractivity contribution in [3.63, 3.8) is 0 Å². The Morgan fingerprint density at radius 1 is 1.33 bits per heavy atom. The maximum Gasteiger partial charge on any atom is 0.166 e. The molecule has 1 aromatic carbocycles. The predicted molar refractivity (Wildman–Crippen MR) is 73.7 cm³/mol. The Bertz CT molecular complexity index is 434. The summed E-state index contributed by atoms with van der Waals surface area (Å²) in [6.07, 6.45) is 3.01. The minimum atomic E-state index is -0.00629. The zero-order valence-electron chi connectivity index (χ0n) is 11.0. The van der Waals surface area contributed by atoms with Gasteiger partial charge in [-0.2, -0.15) is 0 Å². The molecule has 0 heterocycles. The molecule has 0 aromatic heterocycles. The van der Waals surface area contributed by atoms with Gasteiger partial charge in [0.25, 0.3) is 0 Å². The van der Waals surface area contributed by atoms with Gasteiger partial charge in [0.05, 0.1) is 13.2 Å². The molecular weight excluding hydrogens is 250 g/mol. The number of ether oxygens (including phenoxy) is 2. The summed E-state index contributed by atoms with van der Waals surface area (Å²) in [5.41, 5.74) is 8.39. The van der Waals surface area contributed by atoms with Crippen LogP contribution in [0.5, 0.6) is 11.5 Å². The van der Waals surface area contributed by atoms with Gasteiger partial charge in [0.15, 0.2) is 11.5 Å². The molecule has 1 aliphatic carbocycles. The number of nitrogens with two attached hydrogens (primary N) is 1. The summed E-state index contributed by atoms with van der Waals surface area (Å²) in [6, 6.07) is 1.85. The van der Waals surface area contributed by atoms with Gasteiger partial charge in [0.2, 0.25) is 0 Å². The summed E-state index contributed by atoms with van der Waals surface area (Å²) >= 11 is 6.33. The Labute approximate surface area is 113 Å². The number of hydrogen-bond donors (Lipinski definition) is 1. The molecule has 0 saturated carbocycles. The van der Waals surface area contributed by atoms with Gasteiger partial charge in [-0.3, -0.25) is 0 Å². The monoisotopic (exact) mass is 269 g/mol. The third-order valence-electron chi connectivity index (χ3n) is 3.24. The third kappa shape index (κ3) is 2.43. The molecule has 1 aromatic rings. The molecule has 3 nitrogen and oxygen atoms in total. The van der Waals surface area contributed by atoms with Gasteiger partial charge in [0.1, 0.15) is 0 Å². The standard InChI is InChI=1S/C14H20ClNO2/c1-3-17-12-8-10(15)9-6-5-7-11(16)13(9)14(12)18-4-2/h8,11H,3-7,16H2,1-2H3/t11-/m1/s1. The fourth-order valence-electron chi connectivity index (χ4n) is 2.51. The van der Waals surface area contributed by atoms with E-state index in [9.17, 15) is 0 Å². The molecule has 0 bridgehead atoms. The van der Waals surface area contributed by atoms with E-state index in [1.807, 2.05) is 19.9 Å². The molecule has 0 aliphatic heterocycles. The van der Waals surface area contributed by atoms with Crippen LogP contribution in [-0.2, 0) is 6.42 Å². The van der Waals surface area contributed by atoms with Crippen LogP contribution >= 0.6 is 11.6 Å². The van der Waals surface area contributed by atoms with Crippen LogP contribution in [-0.4, -0.2) is 13.2 Å². The van der Waals surface area contributed by atoms with Gasteiger partial charge in [-0.1, -0.05) is 11.6 Å². The van der Waals surface area contributed by atoms with Crippen molar-refractivity contribution in [2.24, 2.45) is 5.73 Å². The average molecular weight is 270 g/mol. The van der Waals surface area contributed by atoms with Crippen LogP contribution in [0.1, 0.15) is 43.9 Å². The van der Waals surface area contributed by atoms with Crippen LogP contribution in [0.2, 0.25) is 5.02 Å². The Morgan fingerprint density at radius 3 is 2.72 bits per heavy atom. The molecular formula is C14H20ClNO2. The van der Waals surface area contributed by atoms with Crippen LogP contribution in [0.15, 0.2) is 6.07 Å². The molecule has 100 valence electrons. The lowest BCUT2D eigenvalue weighted by atomic mass is 9.87. The molecule has 0 spiro atoms. The number of fused-ring (bicyclic) bond motifs is 1. The van der Waals surface area contributed by atoms with Crippen molar-refractivity contribution in [3.05, 3.63) is 22.2 Å². The zero-order valence-corrected chi connectivity index (χ0v) is 11.7. The summed E-state index contributed by atoms with van der Waals surface area (Å²) in [7, 11) is 0. The highest BCUT2D eigenvalue weighted by Gasteiger charge is 2.26. The minimum Gasteiger partial charge on any atom is -0.490 e. The second-order valence-corrected chi connectivity index (χ2v) is 4.85. The molecule has 0 amide bonds. The molecule has 2 N–H and O–H groups in total. The topological polar surface area (TPSA) is 44.5 Å². The molecule has 0 radical (unpaired) electrons. The van der Waals surface area contributed by atoms with Crippen molar-refractivity contribution in [3.8, 4) is 11.5 Å². The molecule has 1 atom stereocenters. The first-order valence-corrected chi connectivity index (χ1v) is 6.93. The van der Waals surface area contributed by atoms with Gasteiger partial charge in [-0.25, -0.2) is 0 Å². The molecule has 0 saturated heterocycles. The van der Waals surface area contributed by atoms with Crippen LogP contribution in [0, 0.1) is 0 Å². The molecule has 18 heavy (non-hydrogen) atoms. The van der Waals surface area contributed by atoms with E-state index in [0.29, 0.717) is 19.0 Å². The lowest BCUT2D eigenvalue weighted by Gasteiger charge is -2.27. The van der Waals surface area contributed by atoms with E-state index in [2.05, 4.69) is 0 Å².